The summed E-state index contributed by atoms with van der Waals surface area (Å²) in [6.07, 6.45) is 19.1. The van der Waals surface area contributed by atoms with E-state index in [0.717, 1.165) is 85.7 Å². The van der Waals surface area contributed by atoms with E-state index in [-0.39, 0.29) is 46.0 Å². The molecule has 6 unspecified atom stereocenters. The highest BCUT2D eigenvalue weighted by atomic mass is 16.5. The number of unbranched alkanes of at least 4 members (excludes halogenated alkanes) is 1. The summed E-state index contributed by atoms with van der Waals surface area (Å²) >= 11 is 0. The normalized spacial score (nSPS) is 29.8. The van der Waals surface area contributed by atoms with Gasteiger partial charge in [-0.25, -0.2) is 0 Å². The van der Waals surface area contributed by atoms with Crippen molar-refractivity contribution in [1.29, 1.82) is 0 Å². The molecule has 8 rings (SSSR count). The van der Waals surface area contributed by atoms with Gasteiger partial charge in [0.05, 0.1) is 23.2 Å². The second-order valence-electron chi connectivity index (χ2n) is 16.0. The number of hydrogen-bond donors (Lipinski definition) is 2. The summed E-state index contributed by atoms with van der Waals surface area (Å²) in [6.45, 7) is 15.0. The van der Waals surface area contributed by atoms with E-state index < -0.39 is 0 Å². The lowest BCUT2D eigenvalue weighted by Crippen LogP contribution is -2.45. The molecule has 2 aromatic heterocycles. The van der Waals surface area contributed by atoms with Crippen molar-refractivity contribution < 1.29 is 9.47 Å². The number of ether oxygens (including phenoxy) is 2. The Morgan fingerprint density at radius 1 is 0.792 bits per heavy atom. The first-order valence-electron chi connectivity index (χ1n) is 18.2. The molecule has 48 heavy (non-hydrogen) atoms. The molecular formula is C40H52N4O4. The Morgan fingerprint density at radius 2 is 1.35 bits per heavy atom. The molecule has 2 N–H and O–H groups in total. The first-order chi connectivity index (χ1) is 22.9. The number of pyridine rings is 2. The lowest BCUT2D eigenvalue weighted by atomic mass is 9.75. The number of aryl methyl sites for hydroxylation is 1. The number of rotatable bonds is 5. The van der Waals surface area contributed by atoms with Gasteiger partial charge in [-0.2, -0.15) is 0 Å². The molecule has 6 atom stereocenters. The first-order valence-corrected chi connectivity index (χ1v) is 18.2. The Hall–Kier alpha value is -3.68. The lowest BCUT2D eigenvalue weighted by Gasteiger charge is -2.41. The second-order valence-corrected chi connectivity index (χ2v) is 16.0. The van der Waals surface area contributed by atoms with Crippen molar-refractivity contribution >= 4 is 12.4 Å². The zero-order valence-corrected chi connectivity index (χ0v) is 29.7. The molecule has 8 nitrogen and oxygen atoms in total. The first kappa shape index (κ1) is 32.8. The summed E-state index contributed by atoms with van der Waals surface area (Å²) in [7, 11) is 0. The van der Waals surface area contributed by atoms with Crippen LogP contribution in [0.2, 0.25) is 0 Å². The van der Waals surface area contributed by atoms with Crippen LogP contribution in [0.15, 0.2) is 49.1 Å². The van der Waals surface area contributed by atoms with Crippen LogP contribution in [0.4, 0.5) is 0 Å². The molecule has 4 aliphatic heterocycles. The van der Waals surface area contributed by atoms with Gasteiger partial charge in [-0.1, -0.05) is 36.6 Å². The third-order valence-electron chi connectivity index (χ3n) is 11.7. The molecule has 6 heterocycles. The van der Waals surface area contributed by atoms with Crippen LogP contribution in [0.25, 0.3) is 0 Å². The van der Waals surface area contributed by atoms with Gasteiger partial charge in [0.25, 0.3) is 0 Å². The topological polar surface area (TPSA) is 109 Å². The van der Waals surface area contributed by atoms with Crippen molar-refractivity contribution in [2.45, 2.75) is 141 Å². The summed E-state index contributed by atoms with van der Waals surface area (Å²) in [4.78, 5) is 42.5. The number of aromatic amines is 2. The van der Waals surface area contributed by atoms with E-state index in [1.807, 2.05) is 12.4 Å². The molecule has 6 aliphatic rings. The number of nitrogens with zero attached hydrogens (tertiary/aromatic N) is 2. The van der Waals surface area contributed by atoms with E-state index in [9.17, 15) is 9.59 Å². The van der Waals surface area contributed by atoms with Crippen LogP contribution in [0.5, 0.6) is 11.8 Å². The van der Waals surface area contributed by atoms with Crippen molar-refractivity contribution in [3.8, 4) is 11.8 Å². The summed E-state index contributed by atoms with van der Waals surface area (Å²) in [5, 5.41) is 0. The highest BCUT2D eigenvalue weighted by molar-refractivity contribution is 5.61. The Labute approximate surface area is 284 Å². The number of H-pyrrole nitrogens is 2. The lowest BCUT2D eigenvalue weighted by molar-refractivity contribution is 0.0174. The van der Waals surface area contributed by atoms with E-state index in [1.165, 1.54) is 11.1 Å². The molecule has 0 saturated heterocycles. The average Bonchev–Trinajstić information content (AvgIpc) is 3.84. The molecule has 256 valence electrons. The monoisotopic (exact) mass is 652 g/mol. The number of fused-ring (bicyclic) bond motifs is 6. The predicted octanol–water partition coefficient (Wildman–Crippen LogP) is 8.35. The summed E-state index contributed by atoms with van der Waals surface area (Å²) < 4.78 is 12.5. The highest BCUT2D eigenvalue weighted by Crippen LogP contribution is 2.52. The molecule has 0 aromatic carbocycles. The van der Waals surface area contributed by atoms with Crippen LogP contribution in [-0.4, -0.2) is 33.6 Å². The standard InChI is InChI=1S/C22H30N2O2.C18H22N2O2/c1-5-6-8-17-19(16-9-7-10-23-16)20(25)18-14-11-13(2)12-15(14)22(3,4)26-21(18)24-17;1-10-7-11-13(8-10)18(2,3)22-17-15(11)16(21)12(9-20-17)14-5-4-6-19-14/h10-11,14-16H,5-9,12H2,1-4H3,(H,24,25);6-7,9,11,13-14H,4-5,8H2,1-3H3,(H,20,21). The molecular weight excluding hydrogens is 600 g/mol. The van der Waals surface area contributed by atoms with Crippen molar-refractivity contribution in [2.24, 2.45) is 21.8 Å². The van der Waals surface area contributed by atoms with Gasteiger partial charge >= 0.3 is 0 Å². The predicted molar refractivity (Wildman–Crippen MR) is 192 cm³/mol. The van der Waals surface area contributed by atoms with Crippen LogP contribution in [-0.2, 0) is 6.42 Å². The number of aliphatic imine (C=N–C) groups is 2. The zero-order chi connectivity index (χ0) is 34.0. The largest absolute Gasteiger partial charge is 0.472 e. The maximum absolute atomic E-state index is 13.6. The summed E-state index contributed by atoms with van der Waals surface area (Å²) in [5.74, 6) is 2.33. The maximum atomic E-state index is 13.6. The van der Waals surface area contributed by atoms with Crippen LogP contribution >= 0.6 is 0 Å². The van der Waals surface area contributed by atoms with Gasteiger partial charge in [0.2, 0.25) is 0 Å². The molecule has 0 amide bonds. The zero-order valence-electron chi connectivity index (χ0n) is 29.7. The SMILES string of the molecule is CC1=CC2c3c([nH]cc(C4CCC=N4)c3=O)OC(C)(C)C2C1.CCCCc1[nH]c2c(c(=O)c1C1CCC=N1)C1C=C(C)CC1C(C)(C)O2. The summed E-state index contributed by atoms with van der Waals surface area (Å²) in [6, 6.07) is 0.0182. The van der Waals surface area contributed by atoms with Gasteiger partial charge in [0.1, 0.15) is 11.2 Å². The van der Waals surface area contributed by atoms with Gasteiger partial charge in [-0.05, 0) is 105 Å². The molecule has 8 heteroatoms. The minimum Gasteiger partial charge on any atom is -0.472 e. The van der Waals surface area contributed by atoms with Crippen molar-refractivity contribution in [1.82, 2.24) is 9.97 Å². The second kappa shape index (κ2) is 12.3. The minimum atomic E-state index is -0.274. The third-order valence-corrected chi connectivity index (χ3v) is 11.7. The van der Waals surface area contributed by atoms with Crippen molar-refractivity contribution in [2.75, 3.05) is 0 Å². The van der Waals surface area contributed by atoms with Crippen LogP contribution < -0.4 is 20.3 Å². The molecule has 0 spiro atoms. The van der Waals surface area contributed by atoms with Gasteiger partial charge in [-0.15, -0.1) is 0 Å². The van der Waals surface area contributed by atoms with Gasteiger partial charge in [0.15, 0.2) is 22.6 Å². The average molecular weight is 653 g/mol. The number of nitrogens with one attached hydrogen (secondary N) is 2. The molecule has 0 radical (unpaired) electrons. The van der Waals surface area contributed by atoms with Crippen molar-refractivity contribution in [3.05, 3.63) is 77.9 Å². The number of hydrogen-bond acceptors (Lipinski definition) is 6. The van der Waals surface area contributed by atoms with Gasteiger partial charge < -0.3 is 19.4 Å². The third kappa shape index (κ3) is 5.63. The quantitative estimate of drug-likeness (QED) is 0.317. The van der Waals surface area contributed by atoms with E-state index in [1.54, 1.807) is 6.20 Å². The minimum absolute atomic E-state index is 0.00826. The van der Waals surface area contributed by atoms with Crippen molar-refractivity contribution in [3.63, 3.8) is 0 Å². The summed E-state index contributed by atoms with van der Waals surface area (Å²) in [5.41, 5.74) is 6.82. The van der Waals surface area contributed by atoms with E-state index in [0.29, 0.717) is 23.6 Å². The van der Waals surface area contributed by atoms with E-state index in [4.69, 9.17) is 9.47 Å². The highest BCUT2D eigenvalue weighted by Gasteiger charge is 2.49. The molecule has 0 bridgehead atoms. The van der Waals surface area contributed by atoms with Crippen LogP contribution in [0.3, 0.4) is 0 Å². The molecule has 0 fully saturated rings. The Balaban J connectivity index is 0.000000154. The fraction of sp³-hybridized carbons (Fsp3) is 0.600. The number of allylic oxidation sites excluding steroid dienone is 4. The number of aromatic nitrogens is 2. The maximum Gasteiger partial charge on any atom is 0.199 e. The van der Waals surface area contributed by atoms with E-state index >= 15 is 0 Å². The van der Waals surface area contributed by atoms with Crippen LogP contribution in [0, 0.1) is 11.8 Å². The Kier molecular flexibility index (Phi) is 8.44. The van der Waals surface area contributed by atoms with Gasteiger partial charge in [0, 0.05) is 46.7 Å². The van der Waals surface area contributed by atoms with E-state index in [2.05, 4.69) is 80.6 Å². The Morgan fingerprint density at radius 3 is 1.92 bits per heavy atom. The molecule has 2 aliphatic carbocycles. The fourth-order valence-electron chi connectivity index (χ4n) is 9.13. The van der Waals surface area contributed by atoms with Gasteiger partial charge in [-0.3, -0.25) is 19.6 Å². The fourth-order valence-corrected chi connectivity index (χ4v) is 9.13. The van der Waals surface area contributed by atoms with Crippen LogP contribution in [0.1, 0.15) is 152 Å². The smallest absolute Gasteiger partial charge is 0.199 e. The molecule has 2 aromatic rings. The Bertz CT molecular complexity index is 1840. The molecule has 0 saturated carbocycles.